The number of aromatic hydroxyl groups is 1. The molecule has 0 heterocycles. The monoisotopic (exact) mass is 545 g/mol. The fourth-order valence-corrected chi connectivity index (χ4v) is 4.32. The molecule has 3 N–H and O–H groups in total. The van der Waals surface area contributed by atoms with Crippen LogP contribution in [0.5, 0.6) is 5.75 Å². The van der Waals surface area contributed by atoms with E-state index in [1.54, 1.807) is 45.0 Å². The van der Waals surface area contributed by atoms with Gasteiger partial charge in [-0.05, 0) is 69.4 Å². The first-order valence-electron chi connectivity index (χ1n) is 12.9. The van der Waals surface area contributed by atoms with Crippen molar-refractivity contribution < 1.29 is 24.2 Å². The van der Waals surface area contributed by atoms with Gasteiger partial charge in [0.25, 0.3) is 5.91 Å². The molecule has 0 fully saturated rings. The van der Waals surface area contributed by atoms with Gasteiger partial charge in [0.2, 0.25) is 5.91 Å². The summed E-state index contributed by atoms with van der Waals surface area (Å²) in [4.78, 5) is 42.1. The number of nitrogens with zero attached hydrogens (tertiary/aromatic N) is 1. The highest BCUT2D eigenvalue weighted by Crippen LogP contribution is 2.31. The van der Waals surface area contributed by atoms with Gasteiger partial charge in [-0.1, -0.05) is 63.1 Å². The highest BCUT2D eigenvalue weighted by atomic mass is 35.5. The van der Waals surface area contributed by atoms with E-state index in [0.29, 0.717) is 29.1 Å². The Balaban J connectivity index is 2.56. The molecule has 9 heteroatoms. The average Bonchev–Trinajstić information content (AvgIpc) is 2.82. The molecule has 8 nitrogen and oxygen atoms in total. The van der Waals surface area contributed by atoms with E-state index in [0.717, 1.165) is 5.56 Å². The summed E-state index contributed by atoms with van der Waals surface area (Å²) < 4.78 is 5.42. The Kier molecular flexibility index (Phi) is 11.0. The van der Waals surface area contributed by atoms with Crippen LogP contribution in [0.3, 0.4) is 0 Å². The zero-order valence-corrected chi connectivity index (χ0v) is 24.1. The zero-order chi connectivity index (χ0) is 28.6. The number of benzene rings is 2. The van der Waals surface area contributed by atoms with E-state index < -0.39 is 35.6 Å². The smallest absolute Gasteiger partial charge is 0.408 e. The van der Waals surface area contributed by atoms with Crippen molar-refractivity contribution in [2.75, 3.05) is 11.9 Å². The lowest BCUT2D eigenvalue weighted by atomic mass is 9.95. The minimum Gasteiger partial charge on any atom is -0.508 e. The lowest BCUT2D eigenvalue weighted by molar-refractivity contribution is -0.141. The second-order valence-electron chi connectivity index (χ2n) is 10.5. The van der Waals surface area contributed by atoms with Crippen LogP contribution in [0.15, 0.2) is 42.5 Å². The third kappa shape index (κ3) is 8.38. The number of nitrogens with one attached hydrogen (secondary N) is 2. The van der Waals surface area contributed by atoms with Gasteiger partial charge in [-0.15, -0.1) is 0 Å². The molecule has 3 atom stereocenters. The van der Waals surface area contributed by atoms with Crippen LogP contribution in [0.2, 0.25) is 5.02 Å². The van der Waals surface area contributed by atoms with Crippen LogP contribution in [0.1, 0.15) is 71.6 Å². The van der Waals surface area contributed by atoms with Gasteiger partial charge in [0, 0.05) is 6.54 Å². The van der Waals surface area contributed by atoms with Gasteiger partial charge >= 0.3 is 6.09 Å². The van der Waals surface area contributed by atoms with Crippen molar-refractivity contribution in [3.63, 3.8) is 0 Å². The SMILES string of the molecule is CCCN(C(=O)C(NC(=O)OC(C)(C)C)C(C)CC)C(C(=O)Nc1c(C)cccc1Cl)c1cccc(O)c1. The lowest BCUT2D eigenvalue weighted by Gasteiger charge is -2.36. The van der Waals surface area contributed by atoms with Crippen LogP contribution >= 0.6 is 11.6 Å². The molecule has 0 aliphatic carbocycles. The molecule has 0 spiro atoms. The summed E-state index contributed by atoms with van der Waals surface area (Å²) in [6.07, 6.45) is 0.449. The van der Waals surface area contributed by atoms with Crippen molar-refractivity contribution in [2.45, 2.75) is 79.0 Å². The largest absolute Gasteiger partial charge is 0.508 e. The summed E-state index contributed by atoms with van der Waals surface area (Å²) in [5.41, 5.74) is 0.887. The van der Waals surface area contributed by atoms with Crippen molar-refractivity contribution >= 4 is 35.2 Å². The Morgan fingerprint density at radius 2 is 1.76 bits per heavy atom. The molecule has 0 saturated heterocycles. The standard InChI is InChI=1S/C29H40ClN3O5/c1-8-16-33(27(36)24(18(3)9-2)32-28(37)38-29(5,6)7)25(20-13-11-14-21(34)17-20)26(35)31-23-19(4)12-10-15-22(23)30/h10-15,17-18,24-25,34H,8-9,16H2,1-7H3,(H,31,35)(H,32,37). The van der Waals surface area contributed by atoms with Gasteiger partial charge in [-0.25, -0.2) is 4.79 Å². The molecule has 2 aromatic rings. The molecular weight excluding hydrogens is 506 g/mol. The fraction of sp³-hybridized carbons (Fsp3) is 0.483. The number of aryl methyl sites for hydroxylation is 1. The second-order valence-corrected chi connectivity index (χ2v) is 10.9. The number of halogens is 1. The van der Waals surface area contributed by atoms with E-state index in [-0.39, 0.29) is 18.2 Å². The van der Waals surface area contributed by atoms with Crippen LogP contribution in [0, 0.1) is 12.8 Å². The Morgan fingerprint density at radius 3 is 2.32 bits per heavy atom. The number of phenolic OH excluding ortho intramolecular Hbond substituents is 1. The topological polar surface area (TPSA) is 108 Å². The van der Waals surface area contributed by atoms with Crippen LogP contribution in [-0.2, 0) is 14.3 Å². The van der Waals surface area contributed by atoms with Crippen molar-refractivity contribution in [1.82, 2.24) is 10.2 Å². The van der Waals surface area contributed by atoms with Gasteiger partial charge in [0.1, 0.15) is 23.4 Å². The number of hydrogen-bond acceptors (Lipinski definition) is 5. The number of phenols is 1. The second kappa shape index (κ2) is 13.5. The number of amides is 3. The molecule has 0 aromatic heterocycles. The van der Waals surface area contributed by atoms with Crippen molar-refractivity contribution in [1.29, 1.82) is 0 Å². The van der Waals surface area contributed by atoms with Gasteiger partial charge < -0.3 is 25.4 Å². The number of carbonyl (C=O) groups is 3. The normalized spacial score (nSPS) is 13.7. The van der Waals surface area contributed by atoms with Crippen LogP contribution in [0.25, 0.3) is 0 Å². The molecule has 0 saturated carbocycles. The first kappa shape index (κ1) is 31.0. The maximum atomic E-state index is 14.1. The number of hydrogen-bond donors (Lipinski definition) is 3. The van der Waals surface area contributed by atoms with E-state index in [1.807, 2.05) is 33.8 Å². The van der Waals surface area contributed by atoms with E-state index >= 15 is 0 Å². The summed E-state index contributed by atoms with van der Waals surface area (Å²) >= 11 is 6.38. The van der Waals surface area contributed by atoms with Crippen molar-refractivity contribution in [3.8, 4) is 5.75 Å². The molecule has 208 valence electrons. The minimum atomic E-state index is -1.10. The minimum absolute atomic E-state index is 0.0384. The summed E-state index contributed by atoms with van der Waals surface area (Å²) in [5.74, 6) is -1.20. The third-order valence-electron chi connectivity index (χ3n) is 6.11. The van der Waals surface area contributed by atoms with Gasteiger partial charge in [-0.3, -0.25) is 9.59 Å². The summed E-state index contributed by atoms with van der Waals surface area (Å²) in [6, 6.07) is 9.49. The van der Waals surface area contributed by atoms with Crippen molar-refractivity contribution in [3.05, 3.63) is 58.6 Å². The zero-order valence-electron chi connectivity index (χ0n) is 23.3. The molecular formula is C29H40ClN3O5. The third-order valence-corrected chi connectivity index (χ3v) is 6.43. The molecule has 0 aliphatic heterocycles. The molecule has 38 heavy (non-hydrogen) atoms. The maximum Gasteiger partial charge on any atom is 0.408 e. The average molecular weight is 546 g/mol. The predicted octanol–water partition coefficient (Wildman–Crippen LogP) is 6.21. The molecule has 0 bridgehead atoms. The van der Waals surface area contributed by atoms with Crippen LogP contribution in [0.4, 0.5) is 10.5 Å². The van der Waals surface area contributed by atoms with E-state index in [4.69, 9.17) is 16.3 Å². The number of carbonyl (C=O) groups excluding carboxylic acids is 3. The lowest BCUT2D eigenvalue weighted by Crippen LogP contribution is -2.54. The number of ether oxygens (including phenoxy) is 1. The summed E-state index contributed by atoms with van der Waals surface area (Å²) in [5, 5.41) is 16.2. The van der Waals surface area contributed by atoms with Gasteiger partial charge in [-0.2, -0.15) is 0 Å². The molecule has 0 radical (unpaired) electrons. The highest BCUT2D eigenvalue weighted by molar-refractivity contribution is 6.34. The first-order chi connectivity index (χ1) is 17.8. The Hall–Kier alpha value is -3.26. The predicted molar refractivity (Wildman–Crippen MR) is 150 cm³/mol. The molecule has 3 amide bonds. The molecule has 0 aliphatic rings. The summed E-state index contributed by atoms with van der Waals surface area (Å²) in [7, 11) is 0. The van der Waals surface area contributed by atoms with Crippen LogP contribution < -0.4 is 10.6 Å². The molecule has 3 unspecified atom stereocenters. The Labute approximate surface area is 230 Å². The quantitative estimate of drug-likeness (QED) is 0.329. The first-order valence-corrected chi connectivity index (χ1v) is 13.3. The van der Waals surface area contributed by atoms with Gasteiger partial charge in [0.05, 0.1) is 10.7 Å². The number of rotatable bonds is 10. The van der Waals surface area contributed by atoms with Crippen LogP contribution in [-0.4, -0.2) is 46.1 Å². The van der Waals surface area contributed by atoms with E-state index in [9.17, 15) is 19.5 Å². The van der Waals surface area contributed by atoms with E-state index in [2.05, 4.69) is 10.6 Å². The number of anilines is 1. The number of para-hydroxylation sites is 1. The highest BCUT2D eigenvalue weighted by Gasteiger charge is 2.38. The Morgan fingerprint density at radius 1 is 1.11 bits per heavy atom. The number of alkyl carbamates (subject to hydrolysis) is 1. The maximum absolute atomic E-state index is 14.1. The molecule has 2 rings (SSSR count). The molecule has 2 aromatic carbocycles. The van der Waals surface area contributed by atoms with Gasteiger partial charge in [0.15, 0.2) is 0 Å². The Bertz CT molecular complexity index is 1110. The van der Waals surface area contributed by atoms with E-state index in [1.165, 1.54) is 17.0 Å². The summed E-state index contributed by atoms with van der Waals surface area (Å²) in [6.45, 7) is 13.0. The fourth-order valence-electron chi connectivity index (χ4n) is 4.05. The van der Waals surface area contributed by atoms with Crippen molar-refractivity contribution in [2.24, 2.45) is 5.92 Å².